The lowest BCUT2D eigenvalue weighted by molar-refractivity contribution is -0.164. The Hall–Kier alpha value is -2.21. The summed E-state index contributed by atoms with van der Waals surface area (Å²) in [6.07, 6.45) is -4.77. The van der Waals surface area contributed by atoms with E-state index in [9.17, 15) is 27.6 Å². The first-order valence-electron chi connectivity index (χ1n) is 9.74. The van der Waals surface area contributed by atoms with Crippen LogP contribution in [0.3, 0.4) is 0 Å². The maximum absolute atomic E-state index is 13.4. The molecule has 168 valence electrons. The van der Waals surface area contributed by atoms with Gasteiger partial charge in [-0.3, -0.25) is 9.36 Å². The Bertz CT molecular complexity index is 1140. The molecule has 1 aliphatic rings. The van der Waals surface area contributed by atoms with E-state index in [4.69, 9.17) is 4.74 Å². The molecule has 14 heteroatoms. The molecule has 3 heterocycles. The minimum Gasteiger partial charge on any atom is -0.383 e. The van der Waals surface area contributed by atoms with Crippen molar-refractivity contribution in [3.63, 3.8) is 0 Å². The van der Waals surface area contributed by atoms with Gasteiger partial charge in [-0.15, -0.1) is 11.3 Å². The number of carbonyl (C=O) groups is 1. The number of rotatable bonds is 6. The minimum absolute atomic E-state index is 0.0132. The Morgan fingerprint density at radius 3 is 2.42 bits per heavy atom. The molecule has 0 saturated carbocycles. The smallest absolute Gasteiger partial charge is 0.383 e. The number of methoxy groups -OCH3 is 1. The number of nitrogens with zero attached hydrogens (tertiary/aromatic N) is 3. The first-order chi connectivity index (χ1) is 14.3. The summed E-state index contributed by atoms with van der Waals surface area (Å²) in [6.45, 7) is 3.42. The summed E-state index contributed by atoms with van der Waals surface area (Å²) in [5, 5.41) is 1.95. The number of alkyl halides is 3. The summed E-state index contributed by atoms with van der Waals surface area (Å²) >= 11 is 1.14. The number of urea groups is 1. The fraction of sp³-hybridized carbons (Fsp3) is 0.588. The molecule has 1 saturated heterocycles. The van der Waals surface area contributed by atoms with Crippen LogP contribution in [-0.2, 0) is 16.6 Å². The maximum atomic E-state index is 13.4. The van der Waals surface area contributed by atoms with Crippen molar-refractivity contribution in [1.29, 1.82) is 0 Å². The van der Waals surface area contributed by atoms with E-state index in [1.165, 1.54) is 7.11 Å². The molecule has 1 aliphatic heterocycles. The number of hydrogen-bond acceptors (Lipinski definition) is 5. The van der Waals surface area contributed by atoms with Gasteiger partial charge in [-0.1, -0.05) is 0 Å². The predicted octanol–water partition coefficient (Wildman–Crippen LogP) is -0.295. The number of thiophene rings is 1. The predicted molar refractivity (Wildman–Crippen MR) is 117 cm³/mol. The zero-order chi connectivity index (χ0) is 23.3. The normalized spacial score (nSPS) is 16.2. The second-order valence-corrected chi connectivity index (χ2v) is 9.00. The van der Waals surface area contributed by atoms with Crippen LogP contribution in [-0.4, -0.2) is 68.7 Å². The highest BCUT2D eigenvalue weighted by atomic mass is 32.1. The molecule has 31 heavy (non-hydrogen) atoms. The van der Waals surface area contributed by atoms with Gasteiger partial charge < -0.3 is 15.0 Å². The van der Waals surface area contributed by atoms with Crippen molar-refractivity contribution in [2.24, 2.45) is 0 Å². The molecule has 3 rings (SSSR count). The topological polar surface area (TPSA) is 85.6 Å². The molecule has 0 aromatic carbocycles. The van der Waals surface area contributed by atoms with Crippen LogP contribution in [0.25, 0.3) is 10.2 Å². The zero-order valence-corrected chi connectivity index (χ0v) is 18.7. The van der Waals surface area contributed by atoms with Gasteiger partial charge >= 0.3 is 17.9 Å². The molecule has 8 nitrogen and oxygen atoms in total. The number of carbonyl (C=O) groups excluding carboxylic acids is 1. The summed E-state index contributed by atoms with van der Waals surface area (Å²) in [5.74, 6) is 0. The van der Waals surface area contributed by atoms with E-state index in [1.807, 2.05) is 15.7 Å². The number of ether oxygens (including phenoxy) is 1. The number of nitrogens with one attached hydrogen (secondary N) is 1. The van der Waals surface area contributed by atoms with Gasteiger partial charge in [-0.05, 0) is 19.4 Å². The van der Waals surface area contributed by atoms with Crippen molar-refractivity contribution in [3.8, 4) is 0 Å². The molecular weight excluding hydrogens is 435 g/mol. The molecule has 0 unspecified atom stereocenters. The van der Waals surface area contributed by atoms with Crippen molar-refractivity contribution in [2.45, 2.75) is 37.9 Å². The van der Waals surface area contributed by atoms with Crippen molar-refractivity contribution in [3.05, 3.63) is 31.3 Å². The molecule has 2 amide bonds. The van der Waals surface area contributed by atoms with Crippen molar-refractivity contribution in [1.82, 2.24) is 19.4 Å². The fourth-order valence-corrected chi connectivity index (χ4v) is 5.37. The molecule has 0 bridgehead atoms. The third kappa shape index (κ3) is 3.79. The Morgan fingerprint density at radius 2 is 1.90 bits per heavy atom. The highest BCUT2D eigenvalue weighted by Gasteiger charge is 2.42. The molecule has 1 fully saturated rings. The van der Waals surface area contributed by atoms with Crippen molar-refractivity contribution >= 4 is 43.3 Å². The molecular formula is C17H23B2F3N4O4S. The molecule has 1 atom stereocenters. The summed E-state index contributed by atoms with van der Waals surface area (Å²) in [6, 6.07) is -2.55. The van der Waals surface area contributed by atoms with Gasteiger partial charge in [0.25, 0.3) is 5.56 Å². The fourth-order valence-electron chi connectivity index (χ4n) is 3.94. The van der Waals surface area contributed by atoms with E-state index in [2.05, 4.69) is 5.32 Å². The summed E-state index contributed by atoms with van der Waals surface area (Å²) in [4.78, 5) is 40.9. The van der Waals surface area contributed by atoms with Crippen LogP contribution in [0.1, 0.15) is 23.4 Å². The molecule has 2 aromatic heterocycles. The van der Waals surface area contributed by atoms with E-state index in [-0.39, 0.29) is 34.0 Å². The Labute approximate surface area is 181 Å². The van der Waals surface area contributed by atoms with Crippen molar-refractivity contribution < 1.29 is 22.7 Å². The van der Waals surface area contributed by atoms with Crippen LogP contribution < -0.4 is 16.6 Å². The van der Waals surface area contributed by atoms with Gasteiger partial charge in [0, 0.05) is 30.4 Å². The first kappa shape index (κ1) is 23.5. The number of halogens is 3. The van der Waals surface area contributed by atoms with E-state index in [0.717, 1.165) is 22.8 Å². The number of aromatic nitrogens is 2. The summed E-state index contributed by atoms with van der Waals surface area (Å²) in [5.41, 5.74) is -1.56. The second kappa shape index (κ2) is 8.05. The quantitative estimate of drug-likeness (QED) is 0.604. The first-order valence-corrected chi connectivity index (χ1v) is 10.6. The minimum atomic E-state index is -4.77. The van der Waals surface area contributed by atoms with E-state index in [0.29, 0.717) is 23.5 Å². The van der Waals surface area contributed by atoms with Crippen molar-refractivity contribution in [2.75, 3.05) is 26.8 Å². The van der Waals surface area contributed by atoms with Crippen LogP contribution in [0.4, 0.5) is 18.0 Å². The van der Waals surface area contributed by atoms with Crippen LogP contribution >= 0.6 is 11.3 Å². The summed E-state index contributed by atoms with van der Waals surface area (Å²) < 4.78 is 46.8. The zero-order valence-electron chi connectivity index (χ0n) is 17.9. The average molecular weight is 458 g/mol. The average Bonchev–Trinajstić information content (AvgIpc) is 3.25. The lowest BCUT2D eigenvalue weighted by Crippen LogP contribution is -2.49. The number of fused-ring (bicyclic) bond motifs is 1. The molecule has 0 spiro atoms. The van der Waals surface area contributed by atoms with Gasteiger partial charge in [0.1, 0.15) is 26.6 Å². The Balaban J connectivity index is 2.35. The van der Waals surface area contributed by atoms with E-state index >= 15 is 0 Å². The van der Waals surface area contributed by atoms with Crippen LogP contribution in [0.2, 0.25) is 0 Å². The standard InChI is InChI=1S/C17H23B2F3N4O4S/c1-8-10-12(27)26(9(2)17(20,21)22)15(29)24(6-7-30-3)13(10)31-11(8)16(18,19)25-5-4-23-14(25)28/h9H,4-7,18-19H2,1-3H3,(H,23,28)/t9-/m1/s1. The van der Waals surface area contributed by atoms with E-state index < -0.39 is 28.8 Å². The highest BCUT2D eigenvalue weighted by molar-refractivity contribution is 7.19. The van der Waals surface area contributed by atoms with Crippen LogP contribution in [0, 0.1) is 6.92 Å². The van der Waals surface area contributed by atoms with Gasteiger partial charge in [0.15, 0.2) is 0 Å². The Morgan fingerprint density at radius 1 is 1.26 bits per heavy atom. The van der Waals surface area contributed by atoms with E-state index in [1.54, 1.807) is 11.8 Å². The van der Waals surface area contributed by atoms with Gasteiger partial charge in [0.2, 0.25) is 0 Å². The molecule has 0 aliphatic carbocycles. The largest absolute Gasteiger partial charge is 0.409 e. The monoisotopic (exact) mass is 458 g/mol. The van der Waals surface area contributed by atoms with Gasteiger partial charge in [0.05, 0.1) is 18.5 Å². The molecule has 2 aromatic rings. The second-order valence-electron chi connectivity index (χ2n) is 8.00. The number of hydrogen-bond donors (Lipinski definition) is 1. The van der Waals surface area contributed by atoms with Crippen LogP contribution in [0.15, 0.2) is 9.59 Å². The highest BCUT2D eigenvalue weighted by Crippen LogP contribution is 2.37. The molecule has 0 radical (unpaired) electrons. The van der Waals surface area contributed by atoms with Gasteiger partial charge in [-0.25, -0.2) is 14.2 Å². The van der Waals surface area contributed by atoms with Gasteiger partial charge in [-0.2, -0.15) is 13.2 Å². The molecule has 1 N–H and O–H groups in total. The SMILES string of the molecule is BC(B)(c1sc2c(c1C)c(=O)n([C@H](C)C(F)(F)F)c(=O)n2CCOC)N1CCNC1=O. The third-order valence-electron chi connectivity index (χ3n) is 5.71. The number of amides is 2. The maximum Gasteiger partial charge on any atom is 0.409 e. The Kier molecular flexibility index (Phi) is 6.09. The summed E-state index contributed by atoms with van der Waals surface area (Å²) in [7, 11) is 5.03. The van der Waals surface area contributed by atoms with Crippen LogP contribution in [0.5, 0.6) is 0 Å². The lowest BCUT2D eigenvalue weighted by atomic mass is 9.59. The lowest BCUT2D eigenvalue weighted by Gasteiger charge is -2.35. The third-order valence-corrected chi connectivity index (χ3v) is 7.34. The number of aryl methyl sites for hydroxylation is 1.